The molecular formula is C19H18N4OS. The van der Waals surface area contributed by atoms with Crippen molar-refractivity contribution in [1.82, 2.24) is 20.2 Å². The summed E-state index contributed by atoms with van der Waals surface area (Å²) >= 11 is 5.62. The van der Waals surface area contributed by atoms with E-state index in [0.29, 0.717) is 11.7 Å². The van der Waals surface area contributed by atoms with Crippen LogP contribution >= 0.6 is 12.2 Å². The van der Waals surface area contributed by atoms with Crippen LogP contribution in [-0.4, -0.2) is 20.0 Å². The third-order valence-corrected chi connectivity index (χ3v) is 4.66. The Labute approximate surface area is 151 Å². The highest BCUT2D eigenvalue weighted by atomic mass is 32.1. The first-order valence-electron chi connectivity index (χ1n) is 8.16. The van der Waals surface area contributed by atoms with Crippen LogP contribution in [0.5, 0.6) is 0 Å². The second-order valence-corrected chi connectivity index (χ2v) is 6.41. The maximum absolute atomic E-state index is 5.95. The van der Waals surface area contributed by atoms with Crippen molar-refractivity contribution < 1.29 is 4.42 Å². The third-order valence-electron chi connectivity index (χ3n) is 4.31. The minimum Gasteiger partial charge on any atom is -0.464 e. The number of pyridine rings is 2. The van der Waals surface area contributed by atoms with Gasteiger partial charge in [0.25, 0.3) is 0 Å². The van der Waals surface area contributed by atoms with Gasteiger partial charge in [0.05, 0.1) is 24.0 Å². The van der Waals surface area contributed by atoms with Crippen molar-refractivity contribution in [2.45, 2.75) is 25.6 Å². The minimum atomic E-state index is -0.0712. The second kappa shape index (κ2) is 6.64. The van der Waals surface area contributed by atoms with Crippen molar-refractivity contribution in [2.75, 3.05) is 0 Å². The number of nitrogens with zero attached hydrogens (tertiary/aromatic N) is 3. The smallest absolute Gasteiger partial charge is 0.170 e. The van der Waals surface area contributed by atoms with Gasteiger partial charge in [0.1, 0.15) is 17.6 Å². The fraction of sp³-hybridized carbons (Fsp3) is 0.211. The highest BCUT2D eigenvalue weighted by Crippen LogP contribution is 2.39. The number of furan rings is 1. The Kier molecular flexibility index (Phi) is 4.19. The lowest BCUT2D eigenvalue weighted by Crippen LogP contribution is -2.29. The van der Waals surface area contributed by atoms with Gasteiger partial charge in [0.2, 0.25) is 0 Å². The topological polar surface area (TPSA) is 54.2 Å². The number of aromatic nitrogens is 2. The van der Waals surface area contributed by atoms with Gasteiger partial charge in [-0.25, -0.2) is 0 Å². The van der Waals surface area contributed by atoms with E-state index in [9.17, 15) is 0 Å². The van der Waals surface area contributed by atoms with Gasteiger partial charge in [0, 0.05) is 12.4 Å². The van der Waals surface area contributed by atoms with Crippen molar-refractivity contribution in [3.8, 4) is 0 Å². The Bertz CT molecular complexity index is 865. The summed E-state index contributed by atoms with van der Waals surface area (Å²) in [5.74, 6) is 1.75. The molecule has 1 saturated heterocycles. The molecule has 0 aromatic carbocycles. The van der Waals surface area contributed by atoms with E-state index in [1.165, 1.54) is 0 Å². The Morgan fingerprint density at radius 3 is 2.52 bits per heavy atom. The van der Waals surface area contributed by atoms with Crippen molar-refractivity contribution in [2.24, 2.45) is 0 Å². The number of hydrogen-bond donors (Lipinski definition) is 1. The lowest BCUT2D eigenvalue weighted by molar-refractivity contribution is 0.262. The predicted molar refractivity (Wildman–Crippen MR) is 98.7 cm³/mol. The minimum absolute atomic E-state index is 0.0667. The summed E-state index contributed by atoms with van der Waals surface area (Å²) in [6, 6.07) is 15.6. The number of thiocarbonyl (C=S) groups is 1. The zero-order valence-electron chi connectivity index (χ0n) is 13.8. The van der Waals surface area contributed by atoms with Gasteiger partial charge in [-0.15, -0.1) is 0 Å². The first-order valence-corrected chi connectivity index (χ1v) is 8.57. The predicted octanol–water partition coefficient (Wildman–Crippen LogP) is 3.55. The summed E-state index contributed by atoms with van der Waals surface area (Å²) in [4.78, 5) is 11.1. The molecule has 0 bridgehead atoms. The van der Waals surface area contributed by atoms with Gasteiger partial charge in [-0.2, -0.15) is 0 Å². The van der Waals surface area contributed by atoms with E-state index in [4.69, 9.17) is 16.6 Å². The average Bonchev–Trinajstić information content (AvgIpc) is 3.20. The summed E-state index contributed by atoms with van der Waals surface area (Å²) in [5.41, 5.74) is 1.90. The first-order chi connectivity index (χ1) is 12.2. The van der Waals surface area contributed by atoms with E-state index in [-0.39, 0.29) is 12.1 Å². The van der Waals surface area contributed by atoms with Crippen molar-refractivity contribution in [1.29, 1.82) is 0 Å². The summed E-state index contributed by atoms with van der Waals surface area (Å²) in [5, 5.41) is 4.09. The summed E-state index contributed by atoms with van der Waals surface area (Å²) in [6.45, 7) is 2.56. The summed E-state index contributed by atoms with van der Waals surface area (Å²) in [7, 11) is 0. The Balaban J connectivity index is 1.72. The molecule has 0 amide bonds. The standard InChI is InChI=1S/C19H18N4OS/c1-13-8-9-16(24-13)18-17(15-7-3-5-11-21-15)22-19(25)23(18)12-14-6-2-4-10-20-14/h2-11,17-18H,12H2,1H3,(H,22,25)/t17-,18+/m0/s1. The van der Waals surface area contributed by atoms with Gasteiger partial charge in [-0.3, -0.25) is 9.97 Å². The maximum Gasteiger partial charge on any atom is 0.170 e. The van der Waals surface area contributed by atoms with Crippen LogP contribution in [0.15, 0.2) is 65.3 Å². The van der Waals surface area contributed by atoms with Crippen LogP contribution in [0.1, 0.15) is 35.0 Å². The molecule has 126 valence electrons. The van der Waals surface area contributed by atoms with E-state index < -0.39 is 0 Å². The molecule has 4 rings (SSSR count). The lowest BCUT2D eigenvalue weighted by Gasteiger charge is -2.25. The number of rotatable bonds is 4. The van der Waals surface area contributed by atoms with Gasteiger partial charge < -0.3 is 14.6 Å². The third kappa shape index (κ3) is 3.13. The molecule has 0 saturated carbocycles. The van der Waals surface area contributed by atoms with Crippen LogP contribution < -0.4 is 5.32 Å². The quantitative estimate of drug-likeness (QED) is 0.726. The Hall–Kier alpha value is -2.73. The largest absolute Gasteiger partial charge is 0.464 e. The molecular weight excluding hydrogens is 332 g/mol. The van der Waals surface area contributed by atoms with Crippen molar-refractivity contribution >= 4 is 17.3 Å². The number of aryl methyl sites for hydroxylation is 1. The first kappa shape index (κ1) is 15.8. The van der Waals surface area contributed by atoms with Gasteiger partial charge in [-0.05, 0) is 55.5 Å². The van der Waals surface area contributed by atoms with Crippen molar-refractivity contribution in [3.05, 3.63) is 83.8 Å². The second-order valence-electron chi connectivity index (χ2n) is 6.02. The zero-order valence-corrected chi connectivity index (χ0v) is 14.6. The molecule has 6 heteroatoms. The molecule has 3 aromatic rings. The van der Waals surface area contributed by atoms with Gasteiger partial charge in [-0.1, -0.05) is 12.1 Å². The molecule has 0 spiro atoms. The van der Waals surface area contributed by atoms with Gasteiger partial charge in [0.15, 0.2) is 5.11 Å². The molecule has 0 aliphatic carbocycles. The van der Waals surface area contributed by atoms with Crippen LogP contribution in [0.2, 0.25) is 0 Å². The molecule has 25 heavy (non-hydrogen) atoms. The normalized spacial score (nSPS) is 19.9. The maximum atomic E-state index is 5.95. The zero-order chi connectivity index (χ0) is 17.2. The number of hydrogen-bond acceptors (Lipinski definition) is 4. The SMILES string of the molecule is Cc1ccc([C@@H]2[C@H](c3ccccn3)NC(=S)N2Cc2ccccn2)o1. The molecule has 2 atom stereocenters. The van der Waals surface area contributed by atoms with Gasteiger partial charge >= 0.3 is 0 Å². The molecule has 0 radical (unpaired) electrons. The van der Waals surface area contributed by atoms with E-state index in [0.717, 1.165) is 22.9 Å². The van der Waals surface area contributed by atoms with Crippen LogP contribution in [0.25, 0.3) is 0 Å². The molecule has 1 N–H and O–H groups in total. The van der Waals surface area contributed by atoms with E-state index in [1.54, 1.807) is 12.4 Å². The highest BCUT2D eigenvalue weighted by Gasteiger charge is 2.41. The van der Waals surface area contributed by atoms with Crippen LogP contribution in [0.3, 0.4) is 0 Å². The molecule has 3 aromatic heterocycles. The molecule has 1 aliphatic rings. The lowest BCUT2D eigenvalue weighted by atomic mass is 10.0. The molecule has 4 heterocycles. The molecule has 0 unspecified atom stereocenters. The van der Waals surface area contributed by atoms with E-state index in [2.05, 4.69) is 20.2 Å². The fourth-order valence-corrected chi connectivity index (χ4v) is 3.47. The summed E-state index contributed by atoms with van der Waals surface area (Å²) < 4.78 is 5.95. The molecule has 1 aliphatic heterocycles. The molecule has 1 fully saturated rings. The molecule has 5 nitrogen and oxygen atoms in total. The van der Waals surface area contributed by atoms with E-state index >= 15 is 0 Å². The van der Waals surface area contributed by atoms with Crippen LogP contribution in [0.4, 0.5) is 0 Å². The monoisotopic (exact) mass is 350 g/mol. The number of nitrogens with one attached hydrogen (secondary N) is 1. The summed E-state index contributed by atoms with van der Waals surface area (Å²) in [6.07, 6.45) is 3.59. The van der Waals surface area contributed by atoms with Crippen LogP contribution in [-0.2, 0) is 6.54 Å². The van der Waals surface area contributed by atoms with Crippen molar-refractivity contribution in [3.63, 3.8) is 0 Å². The highest BCUT2D eigenvalue weighted by molar-refractivity contribution is 7.80. The van der Waals surface area contributed by atoms with Crippen LogP contribution in [0, 0.1) is 6.92 Å². The Morgan fingerprint density at radius 2 is 1.88 bits per heavy atom. The van der Waals surface area contributed by atoms with E-state index in [1.807, 2.05) is 55.5 Å². The average molecular weight is 350 g/mol. The fourth-order valence-electron chi connectivity index (χ4n) is 3.16. The Morgan fingerprint density at radius 1 is 1.08 bits per heavy atom.